The summed E-state index contributed by atoms with van der Waals surface area (Å²) in [5, 5.41) is 3.07. The highest BCUT2D eigenvalue weighted by Gasteiger charge is 2.14. The molecule has 0 fully saturated rings. The molecule has 1 amide bonds. The van der Waals surface area contributed by atoms with E-state index in [-0.39, 0.29) is 11.9 Å². The SMILES string of the molecule is Cc1nc(NC(C)C(=O)N(C)C)ccc1Br. The Morgan fingerprint density at radius 1 is 1.50 bits per heavy atom. The number of likely N-dealkylation sites (N-methyl/N-ethyl adjacent to an activating group) is 1. The van der Waals surface area contributed by atoms with E-state index in [0.29, 0.717) is 5.82 Å². The summed E-state index contributed by atoms with van der Waals surface area (Å²) in [6, 6.07) is 3.48. The van der Waals surface area contributed by atoms with Crippen molar-refractivity contribution in [2.75, 3.05) is 19.4 Å². The fourth-order valence-electron chi connectivity index (χ4n) is 1.30. The molecule has 1 atom stereocenters. The molecular formula is C11H16BrN3O. The predicted octanol–water partition coefficient (Wildman–Crippen LogP) is 2.04. The van der Waals surface area contributed by atoms with Crippen molar-refractivity contribution in [2.24, 2.45) is 0 Å². The van der Waals surface area contributed by atoms with E-state index in [2.05, 4.69) is 26.2 Å². The van der Waals surface area contributed by atoms with Crippen LogP contribution in [0, 0.1) is 6.92 Å². The van der Waals surface area contributed by atoms with E-state index < -0.39 is 0 Å². The van der Waals surface area contributed by atoms with Crippen molar-refractivity contribution in [3.63, 3.8) is 0 Å². The van der Waals surface area contributed by atoms with Crippen LogP contribution in [0.15, 0.2) is 16.6 Å². The van der Waals surface area contributed by atoms with Crippen LogP contribution < -0.4 is 5.32 Å². The Kier molecular flexibility index (Phi) is 4.29. The van der Waals surface area contributed by atoms with Gasteiger partial charge in [0.05, 0.1) is 5.69 Å². The molecule has 4 nitrogen and oxygen atoms in total. The summed E-state index contributed by atoms with van der Waals surface area (Å²) in [7, 11) is 3.47. The van der Waals surface area contributed by atoms with Crippen LogP contribution in [0.5, 0.6) is 0 Å². The molecule has 88 valence electrons. The van der Waals surface area contributed by atoms with Crippen molar-refractivity contribution >= 4 is 27.7 Å². The van der Waals surface area contributed by atoms with Gasteiger partial charge in [-0.15, -0.1) is 0 Å². The summed E-state index contributed by atoms with van der Waals surface area (Å²) in [4.78, 5) is 17.5. The van der Waals surface area contributed by atoms with Crippen molar-refractivity contribution in [3.05, 3.63) is 22.3 Å². The van der Waals surface area contributed by atoms with E-state index in [1.807, 2.05) is 26.0 Å². The number of halogens is 1. The number of amides is 1. The standard InChI is InChI=1S/C11H16BrN3O/c1-7-9(12)5-6-10(13-7)14-8(2)11(16)15(3)4/h5-6,8H,1-4H3,(H,13,14). The maximum Gasteiger partial charge on any atom is 0.244 e. The van der Waals surface area contributed by atoms with Crippen LogP contribution in [0.2, 0.25) is 0 Å². The van der Waals surface area contributed by atoms with Gasteiger partial charge in [0.2, 0.25) is 5.91 Å². The van der Waals surface area contributed by atoms with Gasteiger partial charge in [0, 0.05) is 18.6 Å². The fraction of sp³-hybridized carbons (Fsp3) is 0.455. The van der Waals surface area contributed by atoms with E-state index in [1.54, 1.807) is 19.0 Å². The van der Waals surface area contributed by atoms with Crippen molar-refractivity contribution in [1.82, 2.24) is 9.88 Å². The number of anilines is 1. The highest BCUT2D eigenvalue weighted by molar-refractivity contribution is 9.10. The predicted molar refractivity (Wildman–Crippen MR) is 68.5 cm³/mol. The number of nitrogens with zero attached hydrogens (tertiary/aromatic N) is 2. The molecule has 1 heterocycles. The molecule has 1 aromatic heterocycles. The van der Waals surface area contributed by atoms with Gasteiger partial charge in [-0.3, -0.25) is 4.79 Å². The number of aromatic nitrogens is 1. The number of carbonyl (C=O) groups is 1. The van der Waals surface area contributed by atoms with Crippen LogP contribution >= 0.6 is 15.9 Å². The van der Waals surface area contributed by atoms with Gasteiger partial charge in [-0.05, 0) is 41.9 Å². The number of nitrogens with one attached hydrogen (secondary N) is 1. The van der Waals surface area contributed by atoms with Crippen LogP contribution in [-0.2, 0) is 4.79 Å². The van der Waals surface area contributed by atoms with Crippen molar-refractivity contribution in [2.45, 2.75) is 19.9 Å². The lowest BCUT2D eigenvalue weighted by atomic mass is 10.3. The Morgan fingerprint density at radius 3 is 2.62 bits per heavy atom. The molecule has 1 unspecified atom stereocenters. The average Bonchev–Trinajstić information content (AvgIpc) is 2.22. The molecule has 0 spiro atoms. The number of rotatable bonds is 3. The van der Waals surface area contributed by atoms with Gasteiger partial charge in [0.1, 0.15) is 11.9 Å². The highest BCUT2D eigenvalue weighted by atomic mass is 79.9. The Bertz CT molecular complexity index is 393. The lowest BCUT2D eigenvalue weighted by Crippen LogP contribution is -2.36. The molecule has 0 aromatic carbocycles. The average molecular weight is 286 g/mol. The van der Waals surface area contributed by atoms with Gasteiger partial charge in [0.15, 0.2) is 0 Å². The normalized spacial score (nSPS) is 12.1. The minimum absolute atomic E-state index is 0.0300. The zero-order valence-corrected chi connectivity index (χ0v) is 11.5. The van der Waals surface area contributed by atoms with Gasteiger partial charge < -0.3 is 10.2 Å². The maximum atomic E-state index is 11.6. The van der Waals surface area contributed by atoms with E-state index >= 15 is 0 Å². The maximum absolute atomic E-state index is 11.6. The van der Waals surface area contributed by atoms with E-state index in [1.165, 1.54) is 0 Å². The highest BCUT2D eigenvalue weighted by Crippen LogP contribution is 2.16. The van der Waals surface area contributed by atoms with Gasteiger partial charge in [0.25, 0.3) is 0 Å². The number of pyridine rings is 1. The molecule has 0 aliphatic carbocycles. The largest absolute Gasteiger partial charge is 0.359 e. The van der Waals surface area contributed by atoms with Gasteiger partial charge in [-0.2, -0.15) is 0 Å². The Labute approximate surface area is 104 Å². The van der Waals surface area contributed by atoms with Crippen molar-refractivity contribution < 1.29 is 4.79 Å². The Balaban J connectivity index is 2.73. The zero-order valence-electron chi connectivity index (χ0n) is 9.91. The number of hydrogen-bond acceptors (Lipinski definition) is 3. The summed E-state index contributed by atoms with van der Waals surface area (Å²) in [6.45, 7) is 3.73. The fourth-order valence-corrected chi connectivity index (χ4v) is 1.52. The quantitative estimate of drug-likeness (QED) is 0.925. The Hall–Kier alpha value is -1.10. The summed E-state index contributed by atoms with van der Waals surface area (Å²) < 4.78 is 0.963. The molecule has 1 N–H and O–H groups in total. The summed E-state index contributed by atoms with van der Waals surface area (Å²) in [5.74, 6) is 0.741. The molecule has 16 heavy (non-hydrogen) atoms. The topological polar surface area (TPSA) is 45.2 Å². The molecule has 0 radical (unpaired) electrons. The first-order valence-electron chi connectivity index (χ1n) is 5.02. The van der Waals surface area contributed by atoms with E-state index in [4.69, 9.17) is 0 Å². The molecule has 0 saturated carbocycles. The summed E-state index contributed by atoms with van der Waals surface area (Å²) in [6.07, 6.45) is 0. The molecule has 1 rings (SSSR count). The van der Waals surface area contributed by atoms with Gasteiger partial charge >= 0.3 is 0 Å². The van der Waals surface area contributed by atoms with Gasteiger partial charge in [-0.25, -0.2) is 4.98 Å². The Morgan fingerprint density at radius 2 is 2.12 bits per heavy atom. The van der Waals surface area contributed by atoms with Crippen LogP contribution in [0.1, 0.15) is 12.6 Å². The third-order valence-electron chi connectivity index (χ3n) is 2.20. The third-order valence-corrected chi connectivity index (χ3v) is 3.04. The van der Waals surface area contributed by atoms with E-state index in [9.17, 15) is 4.79 Å². The number of carbonyl (C=O) groups excluding carboxylic acids is 1. The summed E-state index contributed by atoms with van der Waals surface area (Å²) >= 11 is 3.38. The van der Waals surface area contributed by atoms with Crippen molar-refractivity contribution in [3.8, 4) is 0 Å². The molecule has 0 bridgehead atoms. The van der Waals surface area contributed by atoms with Crippen LogP contribution in [0.3, 0.4) is 0 Å². The summed E-state index contributed by atoms with van der Waals surface area (Å²) in [5.41, 5.74) is 0.898. The molecule has 1 aromatic rings. The van der Waals surface area contributed by atoms with E-state index in [0.717, 1.165) is 10.2 Å². The smallest absolute Gasteiger partial charge is 0.244 e. The van der Waals surface area contributed by atoms with Crippen LogP contribution in [0.25, 0.3) is 0 Å². The molecule has 5 heteroatoms. The minimum atomic E-state index is -0.275. The molecule has 0 saturated heterocycles. The van der Waals surface area contributed by atoms with Crippen LogP contribution in [-0.4, -0.2) is 35.9 Å². The van der Waals surface area contributed by atoms with Gasteiger partial charge in [-0.1, -0.05) is 0 Å². The molecule has 0 aliphatic rings. The second-order valence-electron chi connectivity index (χ2n) is 3.86. The molecular weight excluding hydrogens is 270 g/mol. The minimum Gasteiger partial charge on any atom is -0.359 e. The first-order chi connectivity index (χ1) is 7.41. The lowest BCUT2D eigenvalue weighted by molar-refractivity contribution is -0.129. The number of hydrogen-bond donors (Lipinski definition) is 1. The monoisotopic (exact) mass is 285 g/mol. The first kappa shape index (κ1) is 13.0. The first-order valence-corrected chi connectivity index (χ1v) is 5.82. The lowest BCUT2D eigenvalue weighted by Gasteiger charge is -2.18. The van der Waals surface area contributed by atoms with Crippen LogP contribution in [0.4, 0.5) is 5.82 Å². The second kappa shape index (κ2) is 5.30. The third kappa shape index (κ3) is 3.20. The van der Waals surface area contributed by atoms with Crippen molar-refractivity contribution in [1.29, 1.82) is 0 Å². The second-order valence-corrected chi connectivity index (χ2v) is 4.72. The number of aryl methyl sites for hydroxylation is 1. The zero-order chi connectivity index (χ0) is 12.3. The molecule has 0 aliphatic heterocycles.